The van der Waals surface area contributed by atoms with Crippen LogP contribution in [0.4, 0.5) is 0 Å². The summed E-state index contributed by atoms with van der Waals surface area (Å²) >= 11 is 0. The van der Waals surface area contributed by atoms with E-state index in [1.165, 1.54) is 0 Å². The van der Waals surface area contributed by atoms with E-state index in [0.717, 1.165) is 83.0 Å². The third-order valence-electron chi connectivity index (χ3n) is 8.01. The second kappa shape index (κ2) is 13.2. The minimum atomic E-state index is -0.124. The maximum absolute atomic E-state index is 13.1. The van der Waals surface area contributed by atoms with Gasteiger partial charge in [-0.3, -0.25) is 9.59 Å². The Morgan fingerprint density at radius 2 is 1.05 bits per heavy atom. The van der Waals surface area contributed by atoms with Crippen LogP contribution in [0, 0.1) is 13.8 Å². The number of aromatic nitrogens is 4. The molecule has 0 unspecified atom stereocenters. The first-order chi connectivity index (χ1) is 21.5. The lowest BCUT2D eigenvalue weighted by molar-refractivity contribution is 0.0952. The molecule has 0 aliphatic heterocycles. The summed E-state index contributed by atoms with van der Waals surface area (Å²) in [4.78, 5) is 45.1. The molecular weight excluding hydrogens is 548 g/mol. The first kappa shape index (κ1) is 29.3. The van der Waals surface area contributed by atoms with Crippen LogP contribution in [0.3, 0.4) is 0 Å². The number of aryl methyl sites for hydroxylation is 2. The highest BCUT2D eigenvalue weighted by Gasteiger charge is 2.15. The predicted octanol–water partition coefficient (Wildman–Crippen LogP) is 6.65. The van der Waals surface area contributed by atoms with Gasteiger partial charge in [0.2, 0.25) is 0 Å². The monoisotopic (exact) mass is 584 g/mol. The van der Waals surface area contributed by atoms with E-state index in [2.05, 4.69) is 10.6 Å². The van der Waals surface area contributed by atoms with Crippen molar-refractivity contribution in [3.63, 3.8) is 0 Å². The fourth-order valence-electron chi connectivity index (χ4n) is 5.61. The van der Waals surface area contributed by atoms with Gasteiger partial charge in [0.25, 0.3) is 5.91 Å². The second-order valence-corrected chi connectivity index (χ2v) is 11.3. The Bertz CT molecular complexity index is 1860. The first-order valence-electron chi connectivity index (χ1n) is 15.3. The van der Waals surface area contributed by atoms with Gasteiger partial charge in [0, 0.05) is 18.5 Å². The number of benzene rings is 4. The lowest BCUT2D eigenvalue weighted by atomic mass is 10.0. The zero-order valence-electron chi connectivity index (χ0n) is 25.2. The predicted molar refractivity (Wildman–Crippen MR) is 176 cm³/mol. The number of nitrogens with zero attached hydrogens (tertiary/aromatic N) is 4. The molecule has 2 heterocycles. The molecule has 6 rings (SSSR count). The fraction of sp³-hybridized carbons (Fsp3) is 0.278. The number of unbranched alkanes of at least 4 members (excludes halogenated alkanes) is 2. The summed E-state index contributed by atoms with van der Waals surface area (Å²) in [6.45, 7) is 6.27. The van der Waals surface area contributed by atoms with Gasteiger partial charge in [0.05, 0.1) is 38.7 Å². The van der Waals surface area contributed by atoms with Crippen LogP contribution in [0.2, 0.25) is 0 Å². The molecule has 0 atom stereocenters. The van der Waals surface area contributed by atoms with Gasteiger partial charge in [-0.2, -0.15) is 0 Å². The van der Waals surface area contributed by atoms with E-state index in [9.17, 15) is 9.59 Å². The number of fused-ring (bicyclic) bond motifs is 4. The van der Waals surface area contributed by atoms with Crippen LogP contribution in [0.1, 0.15) is 63.9 Å². The first-order valence-corrected chi connectivity index (χ1v) is 15.3. The van der Waals surface area contributed by atoms with Gasteiger partial charge in [-0.1, -0.05) is 42.8 Å². The number of carbonyl (C=O) groups excluding carboxylic acids is 2. The zero-order valence-corrected chi connectivity index (χ0v) is 25.2. The summed E-state index contributed by atoms with van der Waals surface area (Å²) in [5.41, 5.74) is 9.40. The number of carbonyl (C=O) groups is 2. The number of rotatable bonds is 12. The Kier molecular flexibility index (Phi) is 8.79. The molecule has 4 aromatic carbocycles. The lowest BCUT2D eigenvalue weighted by Gasteiger charge is -2.09. The minimum Gasteiger partial charge on any atom is -0.352 e. The van der Waals surface area contributed by atoms with E-state index in [-0.39, 0.29) is 11.7 Å². The van der Waals surface area contributed by atoms with Crippen molar-refractivity contribution in [3.05, 3.63) is 95.1 Å². The van der Waals surface area contributed by atoms with Gasteiger partial charge in [0.15, 0.2) is 5.78 Å². The van der Waals surface area contributed by atoms with Crippen molar-refractivity contribution in [3.8, 4) is 0 Å². The Hall–Kier alpha value is -4.82. The van der Waals surface area contributed by atoms with Gasteiger partial charge in [-0.15, -0.1) is 0 Å². The molecule has 222 valence electrons. The summed E-state index contributed by atoms with van der Waals surface area (Å²) in [6, 6.07) is 23.1. The number of hydrogen-bond acceptors (Lipinski definition) is 7. The Balaban J connectivity index is 0.917. The van der Waals surface area contributed by atoms with Crippen LogP contribution >= 0.6 is 0 Å². The van der Waals surface area contributed by atoms with Crippen molar-refractivity contribution >= 4 is 55.8 Å². The van der Waals surface area contributed by atoms with Gasteiger partial charge in [-0.05, 0) is 93.7 Å². The minimum absolute atomic E-state index is 0.0934. The number of ketones is 1. The van der Waals surface area contributed by atoms with Crippen LogP contribution in [0.25, 0.3) is 44.1 Å². The Morgan fingerprint density at radius 1 is 0.545 bits per heavy atom. The van der Waals surface area contributed by atoms with Crippen LogP contribution in [-0.2, 0) is 0 Å². The molecule has 0 aliphatic carbocycles. The molecule has 0 saturated carbocycles. The van der Waals surface area contributed by atoms with Crippen molar-refractivity contribution in [2.45, 2.75) is 46.0 Å². The second-order valence-electron chi connectivity index (χ2n) is 11.3. The molecule has 0 spiro atoms. The third kappa shape index (κ3) is 6.26. The van der Waals surface area contributed by atoms with E-state index in [1.54, 1.807) is 0 Å². The highest BCUT2D eigenvalue weighted by Crippen LogP contribution is 2.23. The molecule has 6 aromatic rings. The molecule has 2 N–H and O–H groups in total. The smallest absolute Gasteiger partial charge is 0.253 e. The SMILES string of the molecule is Cc1cccc2nc3cccc(C(=O)CCCNCCCCCNC(=O)c4cccc5nc6cccc(C)c6nc45)c3nc12. The summed E-state index contributed by atoms with van der Waals surface area (Å²) in [5, 5.41) is 6.49. The van der Waals surface area contributed by atoms with E-state index in [0.29, 0.717) is 35.1 Å². The number of nitrogens with one attached hydrogen (secondary N) is 2. The fourth-order valence-corrected chi connectivity index (χ4v) is 5.61. The Morgan fingerprint density at radius 3 is 1.68 bits per heavy atom. The van der Waals surface area contributed by atoms with Gasteiger partial charge < -0.3 is 10.6 Å². The van der Waals surface area contributed by atoms with Crippen molar-refractivity contribution in [1.29, 1.82) is 0 Å². The topological polar surface area (TPSA) is 110 Å². The quantitative estimate of drug-likeness (QED) is 0.0942. The van der Waals surface area contributed by atoms with Gasteiger partial charge >= 0.3 is 0 Å². The molecular formula is C36H36N6O2. The average Bonchev–Trinajstić information content (AvgIpc) is 3.03. The summed E-state index contributed by atoms with van der Waals surface area (Å²) in [7, 11) is 0. The average molecular weight is 585 g/mol. The van der Waals surface area contributed by atoms with Crippen LogP contribution in [-0.4, -0.2) is 51.3 Å². The number of Topliss-reactive ketones (excluding diaryl/α,β-unsaturated/α-hetero) is 1. The highest BCUT2D eigenvalue weighted by molar-refractivity contribution is 6.07. The van der Waals surface area contributed by atoms with E-state index in [1.807, 2.05) is 86.6 Å². The van der Waals surface area contributed by atoms with E-state index in [4.69, 9.17) is 19.9 Å². The maximum Gasteiger partial charge on any atom is 0.253 e. The largest absolute Gasteiger partial charge is 0.352 e. The van der Waals surface area contributed by atoms with Crippen molar-refractivity contribution < 1.29 is 9.59 Å². The molecule has 0 fully saturated rings. The normalized spacial score (nSPS) is 11.5. The van der Waals surface area contributed by atoms with Crippen LogP contribution < -0.4 is 10.6 Å². The molecule has 1 amide bonds. The third-order valence-corrected chi connectivity index (χ3v) is 8.01. The van der Waals surface area contributed by atoms with Crippen molar-refractivity contribution in [2.75, 3.05) is 19.6 Å². The maximum atomic E-state index is 13.1. The van der Waals surface area contributed by atoms with E-state index >= 15 is 0 Å². The zero-order chi connectivity index (χ0) is 30.5. The van der Waals surface area contributed by atoms with E-state index < -0.39 is 0 Å². The van der Waals surface area contributed by atoms with Gasteiger partial charge in [0.1, 0.15) is 11.0 Å². The summed E-state index contributed by atoms with van der Waals surface area (Å²) in [5.74, 6) is -0.0306. The molecule has 8 nitrogen and oxygen atoms in total. The molecule has 2 aromatic heterocycles. The molecule has 44 heavy (non-hydrogen) atoms. The molecule has 0 radical (unpaired) electrons. The van der Waals surface area contributed by atoms with Crippen molar-refractivity contribution in [2.24, 2.45) is 0 Å². The summed E-state index contributed by atoms with van der Waals surface area (Å²) in [6.07, 6.45) is 4.10. The number of para-hydroxylation sites is 4. The van der Waals surface area contributed by atoms with Gasteiger partial charge in [-0.25, -0.2) is 19.9 Å². The summed E-state index contributed by atoms with van der Waals surface area (Å²) < 4.78 is 0. The molecule has 8 heteroatoms. The highest BCUT2D eigenvalue weighted by atomic mass is 16.1. The molecule has 0 bridgehead atoms. The van der Waals surface area contributed by atoms with Crippen molar-refractivity contribution in [1.82, 2.24) is 30.6 Å². The van der Waals surface area contributed by atoms with Crippen LogP contribution in [0.15, 0.2) is 72.8 Å². The number of hydrogen-bond donors (Lipinski definition) is 2. The Labute approximate surface area is 256 Å². The molecule has 0 saturated heterocycles. The van der Waals surface area contributed by atoms with Crippen LogP contribution in [0.5, 0.6) is 0 Å². The lowest BCUT2D eigenvalue weighted by Crippen LogP contribution is -2.25. The number of amides is 1. The molecule has 0 aliphatic rings. The standard InChI is InChI=1S/C36H36N6O2/c1-23-11-6-15-27-32(23)41-34-25(13-8-17-29(34)39-27)31(43)19-10-21-37-20-4-3-5-22-38-36(44)26-14-9-18-30-35(26)42-33-24(2)12-7-16-28(33)40-30/h6-9,11-18,37H,3-5,10,19-22H2,1-2H3,(H,38,44).